The lowest BCUT2D eigenvalue weighted by Gasteiger charge is -2.03. The number of nitrogens with one attached hydrogen (secondary N) is 3. The zero-order chi connectivity index (χ0) is 16.8. The summed E-state index contributed by atoms with van der Waals surface area (Å²) in [6, 6.07) is 0. The van der Waals surface area contributed by atoms with Crippen LogP contribution in [0.5, 0.6) is 0 Å². The molecule has 0 unspecified atom stereocenters. The summed E-state index contributed by atoms with van der Waals surface area (Å²) in [5.41, 5.74) is 4.95. The number of anilines is 1. The van der Waals surface area contributed by atoms with Crippen molar-refractivity contribution < 1.29 is 37.9 Å². The number of rotatable bonds is 4. The van der Waals surface area contributed by atoms with Gasteiger partial charge >= 0.3 is 21.5 Å². The molecule has 0 aromatic carbocycles. The van der Waals surface area contributed by atoms with Crippen molar-refractivity contribution in [2.45, 2.75) is 0 Å². The molecule has 0 bridgehead atoms. The Morgan fingerprint density at radius 2 is 1.90 bits per heavy atom. The van der Waals surface area contributed by atoms with Gasteiger partial charge in [-0.2, -0.15) is 4.31 Å². The number of nitrogens with two attached hydrogens (primary N) is 1. The van der Waals surface area contributed by atoms with Crippen LogP contribution < -0.4 is 11.1 Å². The number of H-pyrrole nitrogens is 1. The molecule has 0 aliphatic rings. The molecule has 1 aromatic rings. The average molecular weight is 348 g/mol. The molecule has 1 heterocycles. The van der Waals surface area contributed by atoms with Crippen molar-refractivity contribution in [3.63, 3.8) is 0 Å². The van der Waals surface area contributed by atoms with E-state index in [0.29, 0.717) is 0 Å². The highest BCUT2D eigenvalue weighted by Crippen LogP contribution is 2.53. The first-order valence-electron chi connectivity index (χ1n) is 4.43. The van der Waals surface area contributed by atoms with E-state index in [1.54, 1.807) is 0 Å². The van der Waals surface area contributed by atoms with Crippen LogP contribution in [-0.2, 0) is 13.4 Å². The lowest BCUT2D eigenvalue weighted by molar-refractivity contribution is -0.388. The lowest BCUT2D eigenvalue weighted by atomic mass is 10.6. The fourth-order valence-corrected chi connectivity index (χ4v) is 1.90. The third-order valence-corrected chi connectivity index (χ3v) is 2.97. The Labute approximate surface area is 115 Å². The highest BCUT2D eigenvalue weighted by Gasteiger charge is 2.27. The van der Waals surface area contributed by atoms with Crippen molar-refractivity contribution in [3.05, 3.63) is 16.4 Å². The zero-order valence-corrected chi connectivity index (χ0v) is 11.6. The molecule has 0 aliphatic heterocycles. The van der Waals surface area contributed by atoms with Gasteiger partial charge in [0.1, 0.15) is 0 Å². The molecule has 0 saturated carbocycles. The van der Waals surface area contributed by atoms with E-state index < -0.39 is 20.6 Å². The average Bonchev–Trinajstić information content (AvgIpc) is 2.59. The third kappa shape index (κ3) is 9.64. The van der Waals surface area contributed by atoms with Crippen LogP contribution in [0.25, 0.3) is 0 Å². The molecule has 15 nitrogen and oxygen atoms in total. The Morgan fingerprint density at radius 1 is 1.43 bits per heavy atom. The topological polar surface area (TPSA) is 258 Å². The SMILES string of the molecule is N=C(N)Nc1[nH]cnc1[N+](=O)[O-].O=P(O)(O)OP(=O)(O)O. The zero-order valence-electron chi connectivity index (χ0n) is 9.77. The number of aromatic amines is 1. The van der Waals surface area contributed by atoms with E-state index in [9.17, 15) is 19.2 Å². The summed E-state index contributed by atoms with van der Waals surface area (Å²) in [5.74, 6) is -0.764. The highest BCUT2D eigenvalue weighted by molar-refractivity contribution is 7.60. The van der Waals surface area contributed by atoms with Gasteiger partial charge in [0.05, 0.1) is 0 Å². The fraction of sp³-hybridized carbons (Fsp3) is 0. The minimum Gasteiger partial charge on any atom is -0.370 e. The van der Waals surface area contributed by atoms with Crippen LogP contribution in [0.1, 0.15) is 0 Å². The van der Waals surface area contributed by atoms with Crippen molar-refractivity contribution in [2.75, 3.05) is 5.32 Å². The van der Waals surface area contributed by atoms with E-state index in [2.05, 4.69) is 19.6 Å². The summed E-state index contributed by atoms with van der Waals surface area (Å²) in [4.78, 5) is 46.4. The van der Waals surface area contributed by atoms with Gasteiger partial charge in [0.2, 0.25) is 12.1 Å². The van der Waals surface area contributed by atoms with Crippen LogP contribution in [0.2, 0.25) is 0 Å². The molecular weight excluding hydrogens is 338 g/mol. The predicted molar refractivity (Wildman–Crippen MR) is 66.0 cm³/mol. The van der Waals surface area contributed by atoms with E-state index in [-0.39, 0.29) is 17.6 Å². The maximum Gasteiger partial charge on any atom is 0.478 e. The summed E-state index contributed by atoms with van der Waals surface area (Å²) in [5, 5.41) is 19.3. The molecule has 0 aliphatic carbocycles. The third-order valence-electron chi connectivity index (χ3n) is 1.26. The van der Waals surface area contributed by atoms with Gasteiger partial charge in [0.15, 0.2) is 5.96 Å². The minimum atomic E-state index is -5.05. The van der Waals surface area contributed by atoms with E-state index >= 15 is 0 Å². The first kappa shape index (κ1) is 19.1. The van der Waals surface area contributed by atoms with Gasteiger partial charge in [-0.05, 0) is 9.91 Å². The standard InChI is InChI=1S/C4H6N6O2.H4O7P2/c5-4(6)9-2-3(10(11)12)8-1-7-2;1-8(2,3)7-9(4,5)6/h1H,(H,7,8)(H4,5,6,9);(H2,1,2,3)(H2,4,5,6). The quantitative estimate of drug-likeness (QED) is 0.105. The van der Waals surface area contributed by atoms with Crippen LogP contribution in [0.15, 0.2) is 6.33 Å². The van der Waals surface area contributed by atoms with Crippen molar-refractivity contribution in [1.82, 2.24) is 9.97 Å². The number of aromatic nitrogens is 2. The van der Waals surface area contributed by atoms with Crippen LogP contribution in [0, 0.1) is 15.5 Å². The predicted octanol–water partition coefficient (Wildman–Crippen LogP) is -1.19. The molecule has 0 fully saturated rings. The van der Waals surface area contributed by atoms with Gasteiger partial charge in [0, 0.05) is 0 Å². The number of guanidine groups is 1. The van der Waals surface area contributed by atoms with E-state index in [1.165, 1.54) is 0 Å². The number of nitrogens with zero attached hydrogens (tertiary/aromatic N) is 2. The minimum absolute atomic E-state index is 0.00694. The van der Waals surface area contributed by atoms with Crippen LogP contribution >= 0.6 is 15.6 Å². The second-order valence-corrected chi connectivity index (χ2v) is 5.58. The van der Waals surface area contributed by atoms with E-state index in [1.807, 2.05) is 0 Å². The summed E-state index contributed by atoms with van der Waals surface area (Å²) >= 11 is 0. The Bertz CT molecular complexity index is 581. The van der Waals surface area contributed by atoms with Crippen molar-refractivity contribution >= 4 is 33.2 Å². The molecule has 120 valence electrons. The van der Waals surface area contributed by atoms with Crippen LogP contribution in [0.4, 0.5) is 11.6 Å². The number of imidazole rings is 1. The second kappa shape index (κ2) is 7.24. The van der Waals surface area contributed by atoms with Gasteiger partial charge < -0.3 is 45.7 Å². The van der Waals surface area contributed by atoms with Crippen molar-refractivity contribution in [1.29, 1.82) is 5.41 Å². The van der Waals surface area contributed by atoms with E-state index in [0.717, 1.165) is 6.33 Å². The summed E-state index contributed by atoms with van der Waals surface area (Å²) in [6.45, 7) is 0. The number of hydrogen-bond donors (Lipinski definition) is 8. The molecule has 0 radical (unpaired) electrons. The Balaban J connectivity index is 0.000000400. The molecular formula is C4H10N6O9P2. The Hall–Kier alpha value is -1.86. The van der Waals surface area contributed by atoms with Gasteiger partial charge in [0.25, 0.3) is 0 Å². The molecule has 21 heavy (non-hydrogen) atoms. The summed E-state index contributed by atoms with van der Waals surface area (Å²) < 4.78 is 22.2. The second-order valence-electron chi connectivity index (χ2n) is 2.96. The number of phosphoric acid groups is 2. The molecule has 0 amide bonds. The Kier molecular flexibility index (Phi) is 6.59. The maximum absolute atomic E-state index is 10.2. The largest absolute Gasteiger partial charge is 0.478 e. The normalized spacial score (nSPS) is 11.2. The number of nitro groups is 1. The lowest BCUT2D eigenvalue weighted by Crippen LogP contribution is -2.21. The monoisotopic (exact) mass is 348 g/mol. The van der Waals surface area contributed by atoms with Crippen molar-refractivity contribution in [3.8, 4) is 0 Å². The van der Waals surface area contributed by atoms with Crippen molar-refractivity contribution in [2.24, 2.45) is 5.73 Å². The van der Waals surface area contributed by atoms with Gasteiger partial charge in [-0.3, -0.25) is 5.41 Å². The molecule has 0 saturated heterocycles. The first-order chi connectivity index (χ1) is 9.32. The first-order valence-corrected chi connectivity index (χ1v) is 7.49. The fourth-order valence-electron chi connectivity index (χ4n) is 0.791. The maximum atomic E-state index is 10.2. The summed E-state index contributed by atoms with van der Waals surface area (Å²) in [6.07, 6.45) is 1.14. The Morgan fingerprint density at radius 3 is 2.19 bits per heavy atom. The molecule has 1 aromatic heterocycles. The summed E-state index contributed by atoms with van der Waals surface area (Å²) in [7, 11) is -10.1. The van der Waals surface area contributed by atoms with Gasteiger partial charge in [-0.1, -0.05) is 0 Å². The molecule has 0 spiro atoms. The van der Waals surface area contributed by atoms with Crippen LogP contribution in [0.3, 0.4) is 0 Å². The van der Waals surface area contributed by atoms with Gasteiger partial charge in [-0.25, -0.2) is 9.13 Å². The van der Waals surface area contributed by atoms with E-state index in [4.69, 9.17) is 30.7 Å². The van der Waals surface area contributed by atoms with Gasteiger partial charge in [-0.15, -0.1) is 0 Å². The smallest absolute Gasteiger partial charge is 0.370 e. The molecule has 1 rings (SSSR count). The number of hydrogen-bond acceptors (Lipinski definition) is 7. The van der Waals surface area contributed by atoms with Crippen LogP contribution in [-0.4, -0.2) is 40.4 Å². The molecule has 9 N–H and O–H groups in total. The molecule has 17 heteroatoms. The highest BCUT2D eigenvalue weighted by atomic mass is 31.3. The molecule has 0 atom stereocenters.